The van der Waals surface area contributed by atoms with Gasteiger partial charge in [-0.05, 0) is 0 Å². The van der Waals surface area contributed by atoms with E-state index in [-0.39, 0.29) is 33.2 Å². The molecule has 0 spiro atoms. The predicted molar refractivity (Wildman–Crippen MR) is 73.7 cm³/mol. The van der Waals surface area contributed by atoms with Gasteiger partial charge in [0.15, 0.2) is 9.84 Å². The van der Waals surface area contributed by atoms with Crippen LogP contribution in [-0.4, -0.2) is 31.4 Å². The van der Waals surface area contributed by atoms with Crippen LogP contribution in [0.2, 0.25) is 10.0 Å². The second kappa shape index (κ2) is 5.15. The molecule has 1 N–H and O–H groups in total. The molecule has 0 aromatic heterocycles. The van der Waals surface area contributed by atoms with Gasteiger partial charge in [-0.3, -0.25) is 10.1 Å². The molecule has 19 heavy (non-hydrogen) atoms. The number of benzene rings is 1. The molecule has 6 nitrogen and oxygen atoms in total. The fraction of sp³-hybridized carbons (Fsp3) is 0.400. The first-order valence-corrected chi connectivity index (χ1v) is 7.94. The van der Waals surface area contributed by atoms with Gasteiger partial charge in [-0.15, -0.1) is 0 Å². The van der Waals surface area contributed by atoms with Crippen molar-refractivity contribution in [1.29, 1.82) is 0 Å². The average Bonchev–Trinajstić information content (AvgIpc) is 2.24. The number of nitro groups is 1. The molecule has 1 aliphatic heterocycles. The van der Waals surface area contributed by atoms with Crippen LogP contribution in [0, 0.1) is 16.0 Å². The van der Waals surface area contributed by atoms with E-state index < -0.39 is 14.8 Å². The van der Waals surface area contributed by atoms with E-state index in [0.29, 0.717) is 12.2 Å². The van der Waals surface area contributed by atoms with Crippen molar-refractivity contribution in [3.8, 4) is 0 Å². The van der Waals surface area contributed by atoms with Gasteiger partial charge in [-0.2, -0.15) is 0 Å². The number of nitrogens with one attached hydrogen (secondary N) is 1. The van der Waals surface area contributed by atoms with Crippen LogP contribution >= 0.6 is 23.2 Å². The van der Waals surface area contributed by atoms with Gasteiger partial charge in [-0.25, -0.2) is 8.42 Å². The highest BCUT2D eigenvalue weighted by Gasteiger charge is 2.33. The van der Waals surface area contributed by atoms with E-state index in [1.54, 1.807) is 0 Å². The molecule has 1 aromatic rings. The van der Waals surface area contributed by atoms with Crippen molar-refractivity contribution in [2.75, 3.05) is 23.4 Å². The van der Waals surface area contributed by atoms with Crippen LogP contribution in [0.3, 0.4) is 0 Å². The number of nitrogens with zero attached hydrogens (tertiary/aromatic N) is 1. The molecule has 1 heterocycles. The SMILES string of the molecule is O=[N+]([O-])c1cc(Cl)c(NCC2CS(=O)(=O)C2)c(Cl)c1. The first-order chi connectivity index (χ1) is 8.78. The Morgan fingerprint density at radius 2 is 1.84 bits per heavy atom. The predicted octanol–water partition coefficient (Wildman–Crippen LogP) is 2.36. The molecule has 104 valence electrons. The number of halogens is 2. The number of rotatable bonds is 4. The molecule has 0 atom stereocenters. The molecule has 1 fully saturated rings. The van der Waals surface area contributed by atoms with Gasteiger partial charge in [0.2, 0.25) is 0 Å². The second-order valence-electron chi connectivity index (χ2n) is 4.37. The summed E-state index contributed by atoms with van der Waals surface area (Å²) in [6.45, 7) is 0.413. The van der Waals surface area contributed by atoms with Crippen LogP contribution < -0.4 is 5.32 Å². The number of sulfone groups is 1. The quantitative estimate of drug-likeness (QED) is 0.678. The smallest absolute Gasteiger partial charge is 0.272 e. The molecule has 0 amide bonds. The summed E-state index contributed by atoms with van der Waals surface area (Å²) < 4.78 is 22.0. The summed E-state index contributed by atoms with van der Waals surface area (Å²) in [4.78, 5) is 10.0. The van der Waals surface area contributed by atoms with E-state index in [1.165, 1.54) is 12.1 Å². The maximum absolute atomic E-state index is 11.0. The van der Waals surface area contributed by atoms with Gasteiger partial charge in [0, 0.05) is 24.6 Å². The maximum Gasteiger partial charge on any atom is 0.272 e. The van der Waals surface area contributed by atoms with Crippen molar-refractivity contribution < 1.29 is 13.3 Å². The lowest BCUT2D eigenvalue weighted by Gasteiger charge is -2.26. The first-order valence-electron chi connectivity index (χ1n) is 5.36. The lowest BCUT2D eigenvalue weighted by atomic mass is 10.2. The van der Waals surface area contributed by atoms with Crippen molar-refractivity contribution in [3.05, 3.63) is 32.3 Å². The van der Waals surface area contributed by atoms with E-state index in [2.05, 4.69) is 5.32 Å². The third kappa shape index (κ3) is 3.29. The van der Waals surface area contributed by atoms with Crippen LogP contribution in [0.5, 0.6) is 0 Å². The van der Waals surface area contributed by atoms with Crippen molar-refractivity contribution in [3.63, 3.8) is 0 Å². The van der Waals surface area contributed by atoms with Crippen LogP contribution in [0.1, 0.15) is 0 Å². The second-order valence-corrected chi connectivity index (χ2v) is 7.33. The lowest BCUT2D eigenvalue weighted by molar-refractivity contribution is -0.384. The Bertz CT molecular complexity index is 597. The number of nitro benzene ring substituents is 1. The zero-order chi connectivity index (χ0) is 14.2. The summed E-state index contributed by atoms with van der Waals surface area (Å²) in [5, 5.41) is 13.8. The molecule has 0 bridgehead atoms. The zero-order valence-electron chi connectivity index (χ0n) is 9.60. The Morgan fingerprint density at radius 1 is 1.32 bits per heavy atom. The monoisotopic (exact) mass is 324 g/mol. The van der Waals surface area contributed by atoms with Crippen molar-refractivity contribution in [1.82, 2.24) is 0 Å². The molecule has 9 heteroatoms. The van der Waals surface area contributed by atoms with Crippen molar-refractivity contribution >= 4 is 44.4 Å². The zero-order valence-corrected chi connectivity index (χ0v) is 11.9. The maximum atomic E-state index is 11.0. The summed E-state index contributed by atoms with van der Waals surface area (Å²) in [6.07, 6.45) is 0. The molecule has 0 saturated carbocycles. The minimum absolute atomic E-state index is 0.0207. The van der Waals surface area contributed by atoms with E-state index in [9.17, 15) is 18.5 Å². The minimum Gasteiger partial charge on any atom is -0.382 e. The van der Waals surface area contributed by atoms with Crippen LogP contribution in [-0.2, 0) is 9.84 Å². The third-order valence-electron chi connectivity index (χ3n) is 2.78. The molecule has 2 rings (SSSR count). The summed E-state index contributed by atoms with van der Waals surface area (Å²) in [7, 11) is -2.87. The minimum atomic E-state index is -2.87. The van der Waals surface area contributed by atoms with Gasteiger partial charge in [0.05, 0.1) is 32.2 Å². The highest BCUT2D eigenvalue weighted by Crippen LogP contribution is 2.35. The fourth-order valence-corrected chi connectivity index (χ4v) is 4.05. The van der Waals surface area contributed by atoms with Gasteiger partial charge in [-0.1, -0.05) is 23.2 Å². The van der Waals surface area contributed by atoms with Gasteiger partial charge in [0.25, 0.3) is 5.69 Å². The lowest BCUT2D eigenvalue weighted by Crippen LogP contribution is -2.40. The normalized spacial score (nSPS) is 17.8. The summed E-state index contributed by atoms with van der Waals surface area (Å²) in [5.74, 6) is 0.303. The Hall–Kier alpha value is -1.05. The third-order valence-corrected chi connectivity index (χ3v) is 5.34. The molecule has 0 aliphatic carbocycles. The Morgan fingerprint density at radius 3 is 2.26 bits per heavy atom. The standard InChI is InChI=1S/C10H10Cl2N2O4S/c11-8-1-7(14(15)16)2-9(12)10(8)13-3-6-4-19(17,18)5-6/h1-2,6,13H,3-5H2. The summed E-state index contributed by atoms with van der Waals surface area (Å²) in [6, 6.07) is 2.40. The van der Waals surface area contributed by atoms with E-state index in [1.807, 2.05) is 0 Å². The van der Waals surface area contributed by atoms with Crippen LogP contribution in [0.4, 0.5) is 11.4 Å². The molecule has 1 saturated heterocycles. The van der Waals surface area contributed by atoms with E-state index in [4.69, 9.17) is 23.2 Å². The Kier molecular flexibility index (Phi) is 3.89. The number of non-ortho nitro benzene ring substituents is 1. The Balaban J connectivity index is 2.07. The molecule has 0 unspecified atom stereocenters. The molecule has 1 aliphatic rings. The van der Waals surface area contributed by atoms with Gasteiger partial charge >= 0.3 is 0 Å². The highest BCUT2D eigenvalue weighted by atomic mass is 35.5. The van der Waals surface area contributed by atoms with Gasteiger partial charge < -0.3 is 5.32 Å². The van der Waals surface area contributed by atoms with Crippen molar-refractivity contribution in [2.45, 2.75) is 0 Å². The number of hydrogen-bond acceptors (Lipinski definition) is 5. The van der Waals surface area contributed by atoms with Crippen LogP contribution in [0.15, 0.2) is 12.1 Å². The molecule has 0 radical (unpaired) electrons. The number of anilines is 1. The first kappa shape index (κ1) is 14.4. The van der Waals surface area contributed by atoms with Crippen molar-refractivity contribution in [2.24, 2.45) is 5.92 Å². The average molecular weight is 325 g/mol. The molecular formula is C10H10Cl2N2O4S. The highest BCUT2D eigenvalue weighted by molar-refractivity contribution is 7.92. The van der Waals surface area contributed by atoms with E-state index in [0.717, 1.165) is 0 Å². The molecular weight excluding hydrogens is 315 g/mol. The fourth-order valence-electron chi connectivity index (χ4n) is 1.87. The molecule has 1 aromatic carbocycles. The van der Waals surface area contributed by atoms with Gasteiger partial charge in [0.1, 0.15) is 0 Å². The Labute approximate surface area is 119 Å². The topological polar surface area (TPSA) is 89.3 Å². The van der Waals surface area contributed by atoms with Crippen LogP contribution in [0.25, 0.3) is 0 Å². The summed E-state index contributed by atoms with van der Waals surface area (Å²) >= 11 is 11.8. The largest absolute Gasteiger partial charge is 0.382 e. The summed E-state index contributed by atoms with van der Waals surface area (Å²) in [5.41, 5.74) is 0.199. The van der Waals surface area contributed by atoms with E-state index >= 15 is 0 Å². The number of hydrogen-bond donors (Lipinski definition) is 1.